The van der Waals surface area contributed by atoms with Crippen LogP contribution in [0.3, 0.4) is 0 Å². The summed E-state index contributed by atoms with van der Waals surface area (Å²) >= 11 is 0. The van der Waals surface area contributed by atoms with Gasteiger partial charge in [-0.3, -0.25) is 9.88 Å². The topological polar surface area (TPSA) is 42.4 Å². The first-order valence-electron chi connectivity index (χ1n) is 7.37. The molecule has 1 aromatic heterocycles. The van der Waals surface area contributed by atoms with E-state index in [-0.39, 0.29) is 5.97 Å². The largest absolute Gasteiger partial charge is 0.465 e. The predicted molar refractivity (Wildman–Crippen MR) is 78.5 cm³/mol. The van der Waals surface area contributed by atoms with Crippen molar-refractivity contribution in [1.82, 2.24) is 9.88 Å². The third kappa shape index (κ3) is 4.30. The Morgan fingerprint density at radius 1 is 1.45 bits per heavy atom. The van der Waals surface area contributed by atoms with E-state index in [0.717, 1.165) is 30.7 Å². The molecule has 1 fully saturated rings. The zero-order valence-electron chi connectivity index (χ0n) is 12.6. The fourth-order valence-corrected chi connectivity index (χ4v) is 2.22. The second-order valence-corrected chi connectivity index (χ2v) is 5.91. The second kappa shape index (κ2) is 6.84. The number of esters is 1. The lowest BCUT2D eigenvalue weighted by Crippen LogP contribution is -2.28. The lowest BCUT2D eigenvalue weighted by atomic mass is 10.1. The first-order valence-corrected chi connectivity index (χ1v) is 7.37. The monoisotopic (exact) mass is 276 g/mol. The maximum Gasteiger partial charge on any atom is 0.339 e. The van der Waals surface area contributed by atoms with Crippen molar-refractivity contribution in [3.8, 4) is 0 Å². The molecule has 0 aromatic carbocycles. The van der Waals surface area contributed by atoms with Crippen molar-refractivity contribution in [2.24, 2.45) is 5.92 Å². The number of hydrogen-bond donors (Lipinski definition) is 0. The summed E-state index contributed by atoms with van der Waals surface area (Å²) in [7, 11) is 1.39. The van der Waals surface area contributed by atoms with E-state index in [0.29, 0.717) is 5.56 Å². The molecule has 2 rings (SSSR count). The van der Waals surface area contributed by atoms with Crippen LogP contribution in [0.2, 0.25) is 0 Å². The third-order valence-corrected chi connectivity index (χ3v) is 3.67. The van der Waals surface area contributed by atoms with Crippen LogP contribution in [0.5, 0.6) is 0 Å². The molecule has 4 nitrogen and oxygen atoms in total. The van der Waals surface area contributed by atoms with E-state index >= 15 is 0 Å². The van der Waals surface area contributed by atoms with Crippen LogP contribution >= 0.6 is 0 Å². The van der Waals surface area contributed by atoms with E-state index in [2.05, 4.69) is 28.5 Å². The molecule has 110 valence electrons. The summed E-state index contributed by atoms with van der Waals surface area (Å²) in [6.45, 7) is 6.52. The van der Waals surface area contributed by atoms with Crippen molar-refractivity contribution in [1.29, 1.82) is 0 Å². The predicted octanol–water partition coefficient (Wildman–Crippen LogP) is 2.88. The average Bonchev–Trinajstić information content (AvgIpc) is 3.27. The van der Waals surface area contributed by atoms with E-state index in [4.69, 9.17) is 0 Å². The third-order valence-electron chi connectivity index (χ3n) is 3.67. The number of nitrogens with zero attached hydrogens (tertiary/aromatic N) is 2. The van der Waals surface area contributed by atoms with Crippen molar-refractivity contribution >= 4 is 5.97 Å². The summed E-state index contributed by atoms with van der Waals surface area (Å²) in [6.07, 6.45) is 5.43. The van der Waals surface area contributed by atoms with Crippen LogP contribution in [0.1, 0.15) is 49.2 Å². The molecule has 0 radical (unpaired) electrons. The quantitative estimate of drug-likeness (QED) is 0.718. The minimum absolute atomic E-state index is 0.331. The van der Waals surface area contributed by atoms with Gasteiger partial charge in [-0.2, -0.15) is 0 Å². The molecule has 1 aromatic rings. The molecule has 0 aliphatic heterocycles. The second-order valence-electron chi connectivity index (χ2n) is 5.91. The summed E-state index contributed by atoms with van der Waals surface area (Å²) in [6, 6.07) is 4.45. The minimum Gasteiger partial charge on any atom is -0.465 e. The van der Waals surface area contributed by atoms with E-state index in [9.17, 15) is 4.79 Å². The maximum absolute atomic E-state index is 11.4. The Hall–Kier alpha value is -1.42. The molecular formula is C16H24N2O2. The first kappa shape index (κ1) is 15.0. The number of hydrogen-bond acceptors (Lipinski definition) is 4. The van der Waals surface area contributed by atoms with Gasteiger partial charge in [0.1, 0.15) is 0 Å². The van der Waals surface area contributed by atoms with E-state index in [1.54, 1.807) is 12.3 Å². The van der Waals surface area contributed by atoms with Gasteiger partial charge < -0.3 is 4.74 Å². The highest BCUT2D eigenvalue weighted by molar-refractivity contribution is 5.88. The van der Waals surface area contributed by atoms with Gasteiger partial charge in [0.05, 0.1) is 18.4 Å². The highest BCUT2D eigenvalue weighted by Gasteiger charge is 2.28. The van der Waals surface area contributed by atoms with Gasteiger partial charge in [-0.1, -0.05) is 13.8 Å². The molecular weight excluding hydrogens is 252 g/mol. The number of ether oxygens (including phenoxy) is 1. The van der Waals surface area contributed by atoms with Gasteiger partial charge in [-0.25, -0.2) is 4.79 Å². The summed E-state index contributed by atoms with van der Waals surface area (Å²) < 4.78 is 4.68. The highest BCUT2D eigenvalue weighted by Crippen LogP contribution is 2.28. The number of aromatic nitrogens is 1. The normalized spacial score (nSPS) is 14.8. The van der Waals surface area contributed by atoms with Crippen LogP contribution in [-0.2, 0) is 11.3 Å². The standard InChI is InChI=1S/C16H24N2O2/c1-12(2)8-9-18(15-6-7-15)11-14-5-4-13(10-17-14)16(19)20-3/h4-5,10,12,15H,6-9,11H2,1-3H3. The fourth-order valence-electron chi connectivity index (χ4n) is 2.22. The smallest absolute Gasteiger partial charge is 0.339 e. The molecule has 1 aliphatic rings. The van der Waals surface area contributed by atoms with Crippen LogP contribution in [0, 0.1) is 5.92 Å². The summed E-state index contributed by atoms with van der Waals surface area (Å²) in [5.74, 6) is 0.397. The van der Waals surface area contributed by atoms with Gasteiger partial charge in [0.15, 0.2) is 0 Å². The fraction of sp³-hybridized carbons (Fsp3) is 0.625. The van der Waals surface area contributed by atoms with E-state index < -0.39 is 0 Å². The van der Waals surface area contributed by atoms with Crippen molar-refractivity contribution in [3.63, 3.8) is 0 Å². The van der Waals surface area contributed by atoms with Crippen molar-refractivity contribution in [3.05, 3.63) is 29.6 Å². The van der Waals surface area contributed by atoms with Gasteiger partial charge in [0, 0.05) is 18.8 Å². The van der Waals surface area contributed by atoms with Crippen molar-refractivity contribution in [2.75, 3.05) is 13.7 Å². The van der Waals surface area contributed by atoms with Crippen LogP contribution in [0.25, 0.3) is 0 Å². The summed E-state index contributed by atoms with van der Waals surface area (Å²) in [5.41, 5.74) is 1.53. The molecule has 0 amide bonds. The Labute approximate surface area is 121 Å². The Morgan fingerprint density at radius 3 is 2.70 bits per heavy atom. The molecule has 0 spiro atoms. The van der Waals surface area contributed by atoms with Gasteiger partial charge in [0.2, 0.25) is 0 Å². The molecule has 0 unspecified atom stereocenters. The summed E-state index contributed by atoms with van der Waals surface area (Å²) in [5, 5.41) is 0. The average molecular weight is 276 g/mol. The Bertz CT molecular complexity index is 438. The van der Waals surface area contributed by atoms with Crippen molar-refractivity contribution in [2.45, 2.75) is 45.7 Å². The highest BCUT2D eigenvalue weighted by atomic mass is 16.5. The molecule has 4 heteroatoms. The zero-order valence-corrected chi connectivity index (χ0v) is 12.6. The summed E-state index contributed by atoms with van der Waals surface area (Å²) in [4.78, 5) is 18.3. The number of pyridine rings is 1. The van der Waals surface area contributed by atoms with Crippen LogP contribution in [0.4, 0.5) is 0 Å². The number of rotatable bonds is 7. The van der Waals surface area contributed by atoms with Gasteiger partial charge in [0.25, 0.3) is 0 Å². The van der Waals surface area contributed by atoms with Crippen LogP contribution in [0.15, 0.2) is 18.3 Å². The molecule has 0 bridgehead atoms. The zero-order chi connectivity index (χ0) is 14.5. The van der Waals surface area contributed by atoms with Crippen LogP contribution < -0.4 is 0 Å². The van der Waals surface area contributed by atoms with Gasteiger partial charge in [-0.05, 0) is 43.9 Å². The lowest BCUT2D eigenvalue weighted by Gasteiger charge is -2.22. The Kier molecular flexibility index (Phi) is 5.12. The minimum atomic E-state index is -0.331. The van der Waals surface area contributed by atoms with Gasteiger partial charge >= 0.3 is 5.97 Å². The molecule has 1 heterocycles. The number of carbonyl (C=O) groups is 1. The maximum atomic E-state index is 11.4. The Morgan fingerprint density at radius 2 is 2.20 bits per heavy atom. The molecule has 1 saturated carbocycles. The number of carbonyl (C=O) groups excluding carboxylic acids is 1. The molecule has 1 aliphatic carbocycles. The van der Waals surface area contributed by atoms with E-state index in [1.165, 1.54) is 26.4 Å². The molecule has 20 heavy (non-hydrogen) atoms. The molecule has 0 N–H and O–H groups in total. The van der Waals surface area contributed by atoms with E-state index in [1.807, 2.05) is 6.07 Å². The molecule has 0 saturated heterocycles. The first-order chi connectivity index (χ1) is 9.60. The number of methoxy groups -OCH3 is 1. The van der Waals surface area contributed by atoms with Crippen molar-refractivity contribution < 1.29 is 9.53 Å². The lowest BCUT2D eigenvalue weighted by molar-refractivity contribution is 0.0600. The Balaban J connectivity index is 1.94. The van der Waals surface area contributed by atoms with Gasteiger partial charge in [-0.15, -0.1) is 0 Å². The SMILES string of the molecule is COC(=O)c1ccc(CN(CCC(C)C)C2CC2)nc1. The van der Waals surface area contributed by atoms with Crippen LogP contribution in [-0.4, -0.2) is 35.5 Å². The molecule has 0 atom stereocenters.